The van der Waals surface area contributed by atoms with Crippen molar-refractivity contribution in [3.8, 4) is 0 Å². The molecule has 9 nitrogen and oxygen atoms in total. The van der Waals surface area contributed by atoms with E-state index in [9.17, 15) is 14.9 Å². The van der Waals surface area contributed by atoms with Gasteiger partial charge in [0.05, 0.1) is 13.2 Å². The van der Waals surface area contributed by atoms with E-state index in [4.69, 9.17) is 9.47 Å². The van der Waals surface area contributed by atoms with Crippen LogP contribution in [0, 0.1) is 28.9 Å². The third-order valence-electron chi connectivity index (χ3n) is 4.93. The molecule has 0 N–H and O–H groups in total. The van der Waals surface area contributed by atoms with E-state index < -0.39 is 11.1 Å². The van der Waals surface area contributed by atoms with Gasteiger partial charge in [-0.15, -0.1) is 0 Å². The molecule has 0 aliphatic carbocycles. The van der Waals surface area contributed by atoms with Crippen molar-refractivity contribution in [3.05, 3.63) is 45.5 Å². The maximum atomic E-state index is 12.5. The molecule has 0 radical (unpaired) electrons. The second kappa shape index (κ2) is 8.34. The molecule has 9 heteroatoms. The topological polar surface area (TPSA) is 97.5 Å². The Morgan fingerprint density at radius 3 is 2.89 bits per heavy atom. The van der Waals surface area contributed by atoms with E-state index in [1.807, 2.05) is 31.2 Å². The zero-order chi connectivity index (χ0) is 19.4. The fraction of sp³-hybridized carbons (Fsp3) is 0.556. The lowest BCUT2D eigenvalue weighted by atomic mass is 9.98. The zero-order valence-corrected chi connectivity index (χ0v) is 15.5. The molecule has 0 spiro atoms. The lowest BCUT2D eigenvalue weighted by Gasteiger charge is -2.23. The van der Waals surface area contributed by atoms with Crippen LogP contribution in [0.4, 0.5) is 4.79 Å². The summed E-state index contributed by atoms with van der Waals surface area (Å²) in [7, 11) is 0. The molecule has 1 aromatic rings. The van der Waals surface area contributed by atoms with Crippen molar-refractivity contribution in [2.75, 3.05) is 32.8 Å². The molecule has 146 valence electrons. The Bertz CT molecular complexity index is 738. The number of rotatable bonds is 5. The lowest BCUT2D eigenvalue weighted by molar-refractivity contribution is -0.486. The van der Waals surface area contributed by atoms with Crippen LogP contribution in [0.15, 0.2) is 29.4 Å². The predicted molar refractivity (Wildman–Crippen MR) is 97.5 cm³/mol. The summed E-state index contributed by atoms with van der Waals surface area (Å²) in [6, 6.07) is 7.64. The normalized spacial score (nSPS) is 23.9. The molecule has 2 saturated heterocycles. The highest BCUT2D eigenvalue weighted by molar-refractivity contribution is 5.95. The molecule has 0 bridgehead atoms. The molecule has 1 aromatic carbocycles. The summed E-state index contributed by atoms with van der Waals surface area (Å²) in [6.07, 6.45) is -0.629. The summed E-state index contributed by atoms with van der Waals surface area (Å²) < 4.78 is 10.8. The first kappa shape index (κ1) is 19.1. The molecule has 2 atom stereocenters. The number of hydrazone groups is 1. The molecule has 0 saturated carbocycles. The summed E-state index contributed by atoms with van der Waals surface area (Å²) in [4.78, 5) is 26.5. The van der Waals surface area contributed by atoms with Crippen LogP contribution in [0.2, 0.25) is 0 Å². The van der Waals surface area contributed by atoms with Gasteiger partial charge in [0.25, 0.3) is 5.96 Å². The Kier molecular flexibility index (Phi) is 5.90. The number of amides is 1. The first-order valence-electron chi connectivity index (χ1n) is 8.99. The summed E-state index contributed by atoms with van der Waals surface area (Å²) in [5, 5.41) is 13.6. The van der Waals surface area contributed by atoms with Gasteiger partial charge in [0, 0.05) is 25.6 Å². The van der Waals surface area contributed by atoms with Crippen molar-refractivity contribution in [2.45, 2.75) is 20.5 Å². The third-order valence-corrected chi connectivity index (χ3v) is 4.93. The van der Waals surface area contributed by atoms with Gasteiger partial charge in [-0.05, 0) is 18.4 Å². The lowest BCUT2D eigenvalue weighted by Crippen LogP contribution is -2.41. The van der Waals surface area contributed by atoms with Crippen molar-refractivity contribution >= 4 is 12.1 Å². The fourth-order valence-electron chi connectivity index (χ4n) is 3.37. The number of nitrogens with zero attached hydrogens (tertiary/aromatic N) is 4. The summed E-state index contributed by atoms with van der Waals surface area (Å²) in [5.74, 6) is 0.655. The van der Waals surface area contributed by atoms with Crippen LogP contribution < -0.4 is 0 Å². The Morgan fingerprint density at radius 2 is 2.22 bits per heavy atom. The van der Waals surface area contributed by atoms with Crippen LogP contribution in [-0.4, -0.2) is 59.7 Å². The zero-order valence-electron chi connectivity index (χ0n) is 15.5. The fourth-order valence-corrected chi connectivity index (χ4v) is 3.37. The van der Waals surface area contributed by atoms with Gasteiger partial charge in [0.1, 0.15) is 11.7 Å². The quantitative estimate of drug-likeness (QED) is 0.576. The number of nitro groups is 1. The van der Waals surface area contributed by atoms with Crippen molar-refractivity contribution in [1.29, 1.82) is 0 Å². The molecule has 2 aliphatic rings. The van der Waals surface area contributed by atoms with Crippen molar-refractivity contribution in [1.82, 2.24) is 9.80 Å². The van der Waals surface area contributed by atoms with Gasteiger partial charge in [0.2, 0.25) is 0 Å². The Morgan fingerprint density at radius 1 is 1.41 bits per heavy atom. The van der Waals surface area contributed by atoms with Gasteiger partial charge in [0.15, 0.2) is 5.03 Å². The standard InChI is InChI=1S/C18H24N4O5/c1-13-4-3-5-15(8-13)11-27-18(23)21-7-6-20(17(21)19-22(24)25)9-16-12-26-10-14(16)2/h3-5,8,14,16H,6-7,9-12H2,1-2H3. The van der Waals surface area contributed by atoms with Gasteiger partial charge >= 0.3 is 6.09 Å². The van der Waals surface area contributed by atoms with Gasteiger partial charge in [-0.1, -0.05) is 36.8 Å². The first-order valence-corrected chi connectivity index (χ1v) is 8.99. The van der Waals surface area contributed by atoms with E-state index >= 15 is 0 Å². The number of aryl methyl sites for hydroxylation is 1. The number of benzene rings is 1. The van der Waals surface area contributed by atoms with E-state index in [1.54, 1.807) is 4.90 Å². The highest BCUT2D eigenvalue weighted by atomic mass is 16.7. The molecule has 3 rings (SSSR count). The average Bonchev–Trinajstić information content (AvgIpc) is 3.20. The van der Waals surface area contributed by atoms with E-state index in [2.05, 4.69) is 12.0 Å². The van der Waals surface area contributed by atoms with Gasteiger partial charge in [-0.25, -0.2) is 19.8 Å². The number of hydrogen-bond donors (Lipinski definition) is 0. The largest absolute Gasteiger partial charge is 0.444 e. The summed E-state index contributed by atoms with van der Waals surface area (Å²) >= 11 is 0. The maximum absolute atomic E-state index is 12.5. The summed E-state index contributed by atoms with van der Waals surface area (Å²) in [5.41, 5.74) is 1.93. The first-order chi connectivity index (χ1) is 12.9. The van der Waals surface area contributed by atoms with Crippen molar-refractivity contribution in [2.24, 2.45) is 16.9 Å². The molecule has 2 aliphatic heterocycles. The number of carbonyl (C=O) groups is 1. The molecular formula is C18H24N4O5. The Labute approximate surface area is 157 Å². The average molecular weight is 376 g/mol. The van der Waals surface area contributed by atoms with Gasteiger partial charge in [-0.2, -0.15) is 0 Å². The monoisotopic (exact) mass is 376 g/mol. The number of guanidine groups is 1. The molecule has 2 heterocycles. The highest BCUT2D eigenvalue weighted by Crippen LogP contribution is 2.23. The molecule has 2 fully saturated rings. The summed E-state index contributed by atoms with van der Waals surface area (Å²) in [6.45, 7) is 6.80. The van der Waals surface area contributed by atoms with Crippen molar-refractivity contribution in [3.63, 3.8) is 0 Å². The van der Waals surface area contributed by atoms with E-state index in [0.717, 1.165) is 11.1 Å². The van der Waals surface area contributed by atoms with Crippen LogP contribution in [0.1, 0.15) is 18.1 Å². The minimum Gasteiger partial charge on any atom is -0.444 e. The van der Waals surface area contributed by atoms with Gasteiger partial charge in [-0.3, -0.25) is 0 Å². The highest BCUT2D eigenvalue weighted by Gasteiger charge is 2.38. The molecule has 27 heavy (non-hydrogen) atoms. The minimum absolute atomic E-state index is 0.0355. The van der Waals surface area contributed by atoms with Crippen LogP contribution in [-0.2, 0) is 16.1 Å². The number of ether oxygens (including phenoxy) is 2. The smallest absolute Gasteiger partial charge is 0.417 e. The third kappa shape index (κ3) is 4.73. The van der Waals surface area contributed by atoms with Crippen LogP contribution in [0.25, 0.3) is 0 Å². The van der Waals surface area contributed by atoms with Crippen LogP contribution in [0.3, 0.4) is 0 Å². The maximum Gasteiger partial charge on any atom is 0.417 e. The Hall–Kier alpha value is -2.68. The molecule has 0 aromatic heterocycles. The minimum atomic E-state index is -0.775. The molecular weight excluding hydrogens is 352 g/mol. The predicted octanol–water partition coefficient (Wildman–Crippen LogP) is 2.08. The van der Waals surface area contributed by atoms with E-state index in [1.165, 1.54) is 4.90 Å². The Balaban J connectivity index is 1.66. The van der Waals surface area contributed by atoms with Gasteiger partial charge < -0.3 is 14.4 Å². The molecule has 1 amide bonds. The number of carbonyl (C=O) groups excluding carboxylic acids is 1. The van der Waals surface area contributed by atoms with Crippen molar-refractivity contribution < 1.29 is 19.3 Å². The van der Waals surface area contributed by atoms with Crippen LogP contribution >= 0.6 is 0 Å². The second-order valence-corrected chi connectivity index (χ2v) is 7.05. The van der Waals surface area contributed by atoms with Crippen LogP contribution in [0.5, 0.6) is 0 Å². The number of hydrogen-bond acceptors (Lipinski definition) is 5. The SMILES string of the molecule is Cc1cccc(COC(=O)N2CCN(CC3COCC3C)C2=N[N+](=O)[O-])c1. The molecule has 2 unspecified atom stereocenters. The second-order valence-electron chi connectivity index (χ2n) is 7.05. The van der Waals surface area contributed by atoms with E-state index in [0.29, 0.717) is 38.8 Å². The van der Waals surface area contributed by atoms with E-state index in [-0.39, 0.29) is 18.5 Å².